The summed E-state index contributed by atoms with van der Waals surface area (Å²) in [6.07, 6.45) is 0. The third-order valence-corrected chi connectivity index (χ3v) is 4.90. The maximum absolute atomic E-state index is 12.1. The predicted octanol–water partition coefficient (Wildman–Crippen LogP) is -2.61. The predicted molar refractivity (Wildman–Crippen MR) is 77.4 cm³/mol. The first-order valence-corrected chi connectivity index (χ1v) is 8.69. The minimum atomic E-state index is -4.45. The molecule has 0 saturated carbocycles. The van der Waals surface area contributed by atoms with Crippen LogP contribution in [0.1, 0.15) is 0 Å². The summed E-state index contributed by atoms with van der Waals surface area (Å²) in [6.45, 7) is 0. The van der Waals surface area contributed by atoms with E-state index in [2.05, 4.69) is 4.72 Å². The van der Waals surface area contributed by atoms with Crippen molar-refractivity contribution in [1.82, 2.24) is 0 Å². The fourth-order valence-corrected chi connectivity index (χ4v) is 3.24. The van der Waals surface area contributed by atoms with E-state index in [9.17, 15) is 21.9 Å². The Morgan fingerprint density at radius 3 is 2.22 bits per heavy atom. The second kappa shape index (κ2) is 7.48. The molecule has 0 aliphatic carbocycles. The molecule has 23 heavy (non-hydrogen) atoms. The molecule has 11 heteroatoms. The Morgan fingerprint density at radius 2 is 1.65 bits per heavy atom. The summed E-state index contributed by atoms with van der Waals surface area (Å²) in [5.41, 5.74) is 5.08. The summed E-state index contributed by atoms with van der Waals surface area (Å²) >= 11 is 0. The van der Waals surface area contributed by atoms with Gasteiger partial charge in [0, 0.05) is 5.69 Å². The van der Waals surface area contributed by atoms with Crippen LogP contribution in [0.3, 0.4) is 0 Å². The van der Waals surface area contributed by atoms with Gasteiger partial charge in [0.05, 0.1) is 15.5 Å². The summed E-state index contributed by atoms with van der Waals surface area (Å²) in [5, 5.41) is 11.2. The number of benzene rings is 2. The molecule has 0 heterocycles. The van der Waals surface area contributed by atoms with Crippen molar-refractivity contribution in [3.8, 4) is 5.75 Å². The maximum Gasteiger partial charge on any atom is 1.00 e. The van der Waals surface area contributed by atoms with Crippen molar-refractivity contribution >= 4 is 31.5 Å². The molecule has 0 unspecified atom stereocenters. The normalized spacial score (nSPS) is 11.5. The molecule has 0 fully saturated rings. The fraction of sp³-hybridized carbons (Fsp3) is 0. The van der Waals surface area contributed by atoms with Crippen molar-refractivity contribution in [3.63, 3.8) is 0 Å². The molecule has 118 valence electrons. The van der Waals surface area contributed by atoms with Crippen LogP contribution in [-0.4, -0.2) is 21.4 Å². The van der Waals surface area contributed by atoms with Crippen LogP contribution in [0.2, 0.25) is 0 Å². The van der Waals surface area contributed by atoms with Gasteiger partial charge in [-0.3, -0.25) is 9.27 Å². The molecule has 0 amide bonds. The molecule has 0 saturated heterocycles. The largest absolute Gasteiger partial charge is 1.00 e. The monoisotopic (exact) mass is 382 g/mol. The van der Waals surface area contributed by atoms with Gasteiger partial charge in [0.2, 0.25) is 0 Å². The smallest absolute Gasteiger partial charge is 0.871 e. The van der Waals surface area contributed by atoms with Gasteiger partial charge in [-0.2, -0.15) is 8.42 Å². The van der Waals surface area contributed by atoms with Gasteiger partial charge in [-0.15, -0.1) is 0 Å². The van der Waals surface area contributed by atoms with E-state index < -0.39 is 30.8 Å². The number of nitrogens with one attached hydrogen (secondary N) is 1. The Bertz CT molecular complexity index is 928. The zero-order chi connectivity index (χ0) is 16.5. The Morgan fingerprint density at radius 1 is 1.00 bits per heavy atom. The van der Waals surface area contributed by atoms with Crippen LogP contribution in [0, 0.1) is 0 Å². The molecule has 0 aliphatic rings. The second-order valence-electron chi connectivity index (χ2n) is 4.31. The van der Waals surface area contributed by atoms with E-state index in [0.717, 1.165) is 30.3 Å². The first-order valence-electron chi connectivity index (χ1n) is 5.76. The number of sulfonamides is 1. The average Bonchev–Trinajstić information content (AvgIpc) is 2.40. The molecule has 2 aromatic rings. The molecule has 8 nitrogen and oxygen atoms in total. The second-order valence-corrected chi connectivity index (χ2v) is 7.41. The molecule has 0 spiro atoms. The number of hydrogen-bond donors (Lipinski definition) is 3. The van der Waals surface area contributed by atoms with Gasteiger partial charge in [0.1, 0.15) is 0 Å². The molecule has 0 radical (unpaired) electrons. The van der Waals surface area contributed by atoms with Crippen LogP contribution in [0.25, 0.3) is 0 Å². The molecular weight excluding hydrogens is 371 g/mol. The Kier molecular flexibility index (Phi) is 6.63. The molecule has 0 bridgehead atoms. The zero-order valence-electron chi connectivity index (χ0n) is 11.9. The van der Waals surface area contributed by atoms with Crippen molar-refractivity contribution in [2.45, 2.75) is 9.79 Å². The van der Waals surface area contributed by atoms with Crippen LogP contribution in [0.4, 0.5) is 11.4 Å². The average molecular weight is 382 g/mol. The van der Waals surface area contributed by atoms with Crippen molar-refractivity contribution < 1.29 is 77.9 Å². The summed E-state index contributed by atoms with van der Waals surface area (Å²) in [4.78, 5) is -0.705. The summed E-state index contributed by atoms with van der Waals surface area (Å²) in [7, 11) is -8.51. The molecule has 4 N–H and O–H groups in total. The van der Waals surface area contributed by atoms with Gasteiger partial charge >= 0.3 is 51.4 Å². The Hall–Kier alpha value is -0.664. The number of hydrogen-bond acceptors (Lipinski definition) is 6. The van der Waals surface area contributed by atoms with Gasteiger partial charge < -0.3 is 10.8 Å². The molecule has 0 atom stereocenters. The van der Waals surface area contributed by atoms with Crippen LogP contribution in [-0.2, 0) is 20.1 Å². The SMILES string of the molecule is Nc1cc(S(=O)(=O)Nc2cccc(S(=O)(=O)O)c2)ccc1[O-].[K+]. The standard InChI is InChI=1S/C12H12N2O6S2.K/c13-11-7-9(4-5-12(11)15)21(16,17)14-8-2-1-3-10(6-8)22(18,19)20;/h1-7,14-15H,13H2,(H,18,19,20);/q;+1/p-1. The number of anilines is 2. The van der Waals surface area contributed by atoms with E-state index in [0.29, 0.717) is 0 Å². The van der Waals surface area contributed by atoms with Gasteiger partial charge in [0.15, 0.2) is 0 Å². The molecule has 0 aromatic heterocycles. The van der Waals surface area contributed by atoms with Gasteiger partial charge in [-0.25, -0.2) is 8.42 Å². The first kappa shape index (κ1) is 20.4. The summed E-state index contributed by atoms with van der Waals surface area (Å²) < 4.78 is 57.4. The summed E-state index contributed by atoms with van der Waals surface area (Å²) in [6, 6.07) is 7.71. The quantitative estimate of drug-likeness (QED) is 0.298. The number of rotatable bonds is 4. The summed E-state index contributed by atoms with van der Waals surface area (Å²) in [5.74, 6) is -0.507. The zero-order valence-corrected chi connectivity index (χ0v) is 16.7. The molecular formula is C12H11KN2O6S2. The van der Waals surface area contributed by atoms with E-state index in [4.69, 9.17) is 10.3 Å². The topological polar surface area (TPSA) is 150 Å². The molecule has 2 aromatic carbocycles. The number of nitrogens with two attached hydrogens (primary N) is 1. The van der Waals surface area contributed by atoms with Crippen LogP contribution >= 0.6 is 0 Å². The first-order chi connectivity index (χ1) is 10.1. The van der Waals surface area contributed by atoms with Crippen LogP contribution in [0.5, 0.6) is 5.75 Å². The molecule has 2 rings (SSSR count). The van der Waals surface area contributed by atoms with E-state index in [-0.39, 0.29) is 67.7 Å². The Balaban J connectivity index is 0.00000264. The molecule has 0 aliphatic heterocycles. The van der Waals surface area contributed by atoms with E-state index >= 15 is 0 Å². The van der Waals surface area contributed by atoms with Crippen LogP contribution < -0.4 is 66.9 Å². The van der Waals surface area contributed by atoms with Crippen molar-refractivity contribution in [3.05, 3.63) is 42.5 Å². The van der Waals surface area contributed by atoms with Crippen molar-refractivity contribution in [1.29, 1.82) is 0 Å². The minimum Gasteiger partial charge on any atom is -0.871 e. The van der Waals surface area contributed by atoms with Crippen molar-refractivity contribution in [2.75, 3.05) is 10.5 Å². The van der Waals surface area contributed by atoms with E-state index in [1.807, 2.05) is 0 Å². The van der Waals surface area contributed by atoms with Gasteiger partial charge in [0.25, 0.3) is 20.1 Å². The van der Waals surface area contributed by atoms with Crippen LogP contribution in [0.15, 0.2) is 52.3 Å². The maximum atomic E-state index is 12.1. The minimum absolute atomic E-state index is 0. The third kappa shape index (κ3) is 5.16. The Labute approximate surface area is 175 Å². The van der Waals surface area contributed by atoms with Gasteiger partial charge in [-0.05, 0) is 30.3 Å². The van der Waals surface area contributed by atoms with Gasteiger partial charge in [-0.1, -0.05) is 17.9 Å². The van der Waals surface area contributed by atoms with Crippen molar-refractivity contribution in [2.24, 2.45) is 0 Å². The fourth-order valence-electron chi connectivity index (χ4n) is 1.63. The number of nitrogen functional groups attached to an aromatic ring is 1. The van der Waals surface area contributed by atoms with E-state index in [1.165, 1.54) is 12.1 Å². The third-order valence-electron chi connectivity index (χ3n) is 2.68. The van der Waals surface area contributed by atoms with E-state index in [1.54, 1.807) is 0 Å².